The molecule has 0 bridgehead atoms. The van der Waals surface area contributed by atoms with Gasteiger partial charge in [0.15, 0.2) is 0 Å². The third-order valence-corrected chi connectivity index (χ3v) is 7.26. The Bertz CT molecular complexity index is 1290. The Balaban J connectivity index is 1.19. The summed E-state index contributed by atoms with van der Waals surface area (Å²) in [6, 6.07) is 12.3. The van der Waals surface area contributed by atoms with Gasteiger partial charge in [-0.25, -0.2) is 9.97 Å². The molecule has 4 heterocycles. The molecule has 0 saturated heterocycles. The molecule has 4 aromatic rings. The second-order valence-electron chi connectivity index (χ2n) is 8.59. The van der Waals surface area contributed by atoms with Crippen LogP contribution in [0.4, 0.5) is 0 Å². The Morgan fingerprint density at radius 2 is 1.97 bits per heavy atom. The number of thiazole rings is 1. The second-order valence-corrected chi connectivity index (χ2v) is 9.79. The van der Waals surface area contributed by atoms with Crippen LogP contribution in [0.25, 0.3) is 16.2 Å². The molecule has 33 heavy (non-hydrogen) atoms. The van der Waals surface area contributed by atoms with E-state index in [0.717, 1.165) is 35.8 Å². The van der Waals surface area contributed by atoms with Crippen LogP contribution in [0.1, 0.15) is 32.2 Å². The highest BCUT2D eigenvalue weighted by Crippen LogP contribution is 2.27. The number of aliphatic hydroxyl groups excluding tert-OH is 1. The van der Waals surface area contributed by atoms with E-state index in [1.165, 1.54) is 16.0 Å². The van der Waals surface area contributed by atoms with Gasteiger partial charge in [-0.15, -0.1) is 11.3 Å². The molecule has 2 N–H and O–H groups in total. The average molecular weight is 462 g/mol. The SMILES string of the molecule is Cc1nc(-c2ccc3nc(C(=O)NCC(O)CN4CCc5ccccc5C4)cn3c2)sc1C. The maximum atomic E-state index is 12.7. The van der Waals surface area contributed by atoms with Gasteiger partial charge in [-0.3, -0.25) is 9.69 Å². The van der Waals surface area contributed by atoms with E-state index in [1.807, 2.05) is 29.7 Å². The van der Waals surface area contributed by atoms with Crippen molar-refractivity contribution in [2.45, 2.75) is 32.9 Å². The van der Waals surface area contributed by atoms with Crippen molar-refractivity contribution in [2.24, 2.45) is 0 Å². The number of aryl methyl sites for hydroxylation is 2. The van der Waals surface area contributed by atoms with Crippen LogP contribution in [0, 0.1) is 13.8 Å². The Morgan fingerprint density at radius 3 is 2.76 bits per heavy atom. The lowest BCUT2D eigenvalue weighted by molar-refractivity contribution is 0.0838. The number of nitrogens with one attached hydrogen (secondary N) is 1. The van der Waals surface area contributed by atoms with Crippen molar-refractivity contribution in [3.8, 4) is 10.6 Å². The molecule has 1 atom stereocenters. The molecular formula is C25H27N5O2S. The number of imidazole rings is 1. The second kappa shape index (κ2) is 9.05. The fourth-order valence-electron chi connectivity index (χ4n) is 4.20. The molecule has 1 unspecified atom stereocenters. The number of amides is 1. The van der Waals surface area contributed by atoms with Crippen molar-refractivity contribution >= 4 is 22.9 Å². The van der Waals surface area contributed by atoms with Crippen LogP contribution in [0.2, 0.25) is 0 Å². The quantitative estimate of drug-likeness (QED) is 0.461. The topological polar surface area (TPSA) is 82.8 Å². The zero-order valence-corrected chi connectivity index (χ0v) is 19.6. The van der Waals surface area contributed by atoms with Crippen LogP contribution < -0.4 is 5.32 Å². The third kappa shape index (κ3) is 4.68. The summed E-state index contributed by atoms with van der Waals surface area (Å²) in [4.78, 5) is 25.1. The lowest BCUT2D eigenvalue weighted by Crippen LogP contribution is -2.42. The number of aromatic nitrogens is 3. The van der Waals surface area contributed by atoms with Crippen molar-refractivity contribution in [3.63, 3.8) is 0 Å². The maximum absolute atomic E-state index is 12.7. The maximum Gasteiger partial charge on any atom is 0.271 e. The molecule has 170 valence electrons. The van der Waals surface area contributed by atoms with Crippen molar-refractivity contribution < 1.29 is 9.90 Å². The predicted molar refractivity (Wildman–Crippen MR) is 130 cm³/mol. The first kappa shape index (κ1) is 21.8. The van der Waals surface area contributed by atoms with E-state index in [0.29, 0.717) is 17.9 Å². The van der Waals surface area contributed by atoms with Crippen molar-refractivity contribution in [1.82, 2.24) is 24.6 Å². The highest BCUT2D eigenvalue weighted by molar-refractivity contribution is 7.15. The summed E-state index contributed by atoms with van der Waals surface area (Å²) < 4.78 is 1.85. The minimum absolute atomic E-state index is 0.188. The van der Waals surface area contributed by atoms with Gasteiger partial charge in [0.1, 0.15) is 16.3 Å². The highest BCUT2D eigenvalue weighted by atomic mass is 32.1. The molecule has 0 aliphatic carbocycles. The number of fused-ring (bicyclic) bond motifs is 2. The minimum atomic E-state index is -0.640. The first-order valence-electron chi connectivity index (χ1n) is 11.1. The zero-order chi connectivity index (χ0) is 22.9. The van der Waals surface area contributed by atoms with Crippen LogP contribution in [-0.4, -0.2) is 56.0 Å². The number of pyridine rings is 1. The molecule has 7 nitrogen and oxygen atoms in total. The van der Waals surface area contributed by atoms with Crippen molar-refractivity contribution in [3.05, 3.63) is 76.2 Å². The lowest BCUT2D eigenvalue weighted by Gasteiger charge is -2.30. The molecule has 5 rings (SSSR count). The molecule has 1 aliphatic rings. The summed E-state index contributed by atoms with van der Waals surface area (Å²) in [6.45, 7) is 6.52. The predicted octanol–water partition coefficient (Wildman–Crippen LogP) is 3.22. The molecule has 3 aromatic heterocycles. The number of hydrogen-bond acceptors (Lipinski definition) is 6. The fourth-order valence-corrected chi connectivity index (χ4v) is 5.10. The number of nitrogens with zero attached hydrogens (tertiary/aromatic N) is 4. The van der Waals surface area contributed by atoms with Gasteiger partial charge in [0.05, 0.1) is 11.8 Å². The van der Waals surface area contributed by atoms with Gasteiger partial charge in [0, 0.05) is 49.0 Å². The van der Waals surface area contributed by atoms with E-state index < -0.39 is 6.10 Å². The van der Waals surface area contributed by atoms with Crippen LogP contribution in [0.15, 0.2) is 48.8 Å². The van der Waals surface area contributed by atoms with Crippen LogP contribution in [0.5, 0.6) is 0 Å². The number of carbonyl (C=O) groups excluding carboxylic acids is 1. The van der Waals surface area contributed by atoms with E-state index in [9.17, 15) is 9.90 Å². The summed E-state index contributed by atoms with van der Waals surface area (Å²) in [5.74, 6) is -0.288. The Hall–Kier alpha value is -3.07. The van der Waals surface area contributed by atoms with E-state index in [1.54, 1.807) is 17.5 Å². The first-order valence-corrected chi connectivity index (χ1v) is 12.0. The zero-order valence-electron chi connectivity index (χ0n) is 18.8. The fraction of sp³-hybridized carbons (Fsp3) is 0.320. The van der Waals surface area contributed by atoms with Gasteiger partial charge < -0.3 is 14.8 Å². The molecule has 1 aromatic carbocycles. The van der Waals surface area contributed by atoms with Gasteiger partial charge in [0.2, 0.25) is 0 Å². The van der Waals surface area contributed by atoms with Crippen LogP contribution >= 0.6 is 11.3 Å². The summed E-state index contributed by atoms with van der Waals surface area (Å²) in [5, 5.41) is 14.3. The number of rotatable bonds is 6. The monoisotopic (exact) mass is 461 g/mol. The van der Waals surface area contributed by atoms with Gasteiger partial charge in [-0.2, -0.15) is 0 Å². The van der Waals surface area contributed by atoms with E-state index in [-0.39, 0.29) is 12.5 Å². The normalized spacial score (nSPS) is 14.9. The molecule has 0 radical (unpaired) electrons. The van der Waals surface area contributed by atoms with E-state index in [2.05, 4.69) is 51.4 Å². The molecule has 1 aliphatic heterocycles. The number of benzene rings is 1. The standard InChI is InChI=1S/C25H27N5O2S/c1-16-17(2)33-25(27-16)20-7-8-23-28-22(15-30(23)13-20)24(32)26-11-21(31)14-29-10-9-18-5-3-4-6-19(18)12-29/h3-8,13,15,21,31H,9-12,14H2,1-2H3,(H,26,32). The lowest BCUT2D eigenvalue weighted by atomic mass is 10.00. The number of carbonyl (C=O) groups is 1. The van der Waals surface area contributed by atoms with Gasteiger partial charge >= 0.3 is 0 Å². The molecule has 1 amide bonds. The smallest absolute Gasteiger partial charge is 0.271 e. The molecular weight excluding hydrogens is 434 g/mol. The molecule has 0 spiro atoms. The molecule has 8 heteroatoms. The van der Waals surface area contributed by atoms with Crippen LogP contribution in [0.3, 0.4) is 0 Å². The Morgan fingerprint density at radius 1 is 1.15 bits per heavy atom. The van der Waals surface area contributed by atoms with Gasteiger partial charge in [-0.05, 0) is 43.5 Å². The minimum Gasteiger partial charge on any atom is -0.390 e. The summed E-state index contributed by atoms with van der Waals surface area (Å²) in [6.07, 6.45) is 4.01. The van der Waals surface area contributed by atoms with Crippen LogP contribution in [-0.2, 0) is 13.0 Å². The number of aliphatic hydroxyl groups is 1. The Labute approximate surface area is 196 Å². The average Bonchev–Trinajstić information content (AvgIpc) is 3.40. The Kier molecular flexibility index (Phi) is 5.97. The largest absolute Gasteiger partial charge is 0.390 e. The van der Waals surface area contributed by atoms with Gasteiger partial charge in [-0.1, -0.05) is 24.3 Å². The summed E-state index contributed by atoms with van der Waals surface area (Å²) in [7, 11) is 0. The molecule has 0 saturated carbocycles. The van der Waals surface area contributed by atoms with E-state index >= 15 is 0 Å². The van der Waals surface area contributed by atoms with E-state index in [4.69, 9.17) is 0 Å². The summed E-state index contributed by atoms with van der Waals surface area (Å²) in [5.41, 5.74) is 5.75. The number of hydrogen-bond donors (Lipinski definition) is 2. The first-order chi connectivity index (χ1) is 16.0. The third-order valence-electron chi connectivity index (χ3n) is 6.14. The van der Waals surface area contributed by atoms with Crippen molar-refractivity contribution in [1.29, 1.82) is 0 Å². The van der Waals surface area contributed by atoms with Crippen molar-refractivity contribution in [2.75, 3.05) is 19.6 Å². The molecule has 0 fully saturated rings. The van der Waals surface area contributed by atoms with Gasteiger partial charge in [0.25, 0.3) is 5.91 Å². The summed E-state index contributed by atoms with van der Waals surface area (Å²) >= 11 is 1.65. The number of β-amino-alcohol motifs (C(OH)–C–C–N with tert-alkyl or cyclic N) is 1. The highest BCUT2D eigenvalue weighted by Gasteiger charge is 2.19.